The SMILES string of the molecule is CC(=O)Oc1ccc(C(=O)C2C(c3ccccc3)C3(C(=O)c4ccccc4C3=O)C3C=Cc4ccccc4N23)cc1. The summed E-state index contributed by atoms with van der Waals surface area (Å²) in [5, 5.41) is 0. The van der Waals surface area contributed by atoms with Gasteiger partial charge in [0.05, 0.1) is 6.04 Å². The van der Waals surface area contributed by atoms with E-state index in [1.54, 1.807) is 48.5 Å². The first-order valence-electron chi connectivity index (χ1n) is 13.5. The minimum absolute atomic E-state index is 0.225. The van der Waals surface area contributed by atoms with Crippen molar-refractivity contribution in [2.24, 2.45) is 5.41 Å². The highest BCUT2D eigenvalue weighted by Gasteiger charge is 2.71. The third-order valence-corrected chi connectivity index (χ3v) is 8.54. The Balaban J connectivity index is 1.48. The van der Waals surface area contributed by atoms with E-state index < -0.39 is 29.4 Å². The maximum Gasteiger partial charge on any atom is 0.308 e. The lowest BCUT2D eigenvalue weighted by molar-refractivity contribution is -0.131. The zero-order valence-corrected chi connectivity index (χ0v) is 22.2. The standard InChI is InChI=1S/C35H25NO5/c1-21(37)41-25-18-15-24(16-19-25)32(38)31-30(23-10-3-2-4-11-23)35(33(39)26-12-6-7-13-27(26)34(35)40)29-20-17-22-9-5-8-14-28(22)36(29)31/h2-20,29-31H,1H3. The minimum atomic E-state index is -1.53. The van der Waals surface area contributed by atoms with Gasteiger partial charge in [-0.25, -0.2) is 0 Å². The first kappa shape index (κ1) is 24.9. The van der Waals surface area contributed by atoms with Crippen LogP contribution in [0.25, 0.3) is 6.08 Å². The lowest BCUT2D eigenvalue weighted by Gasteiger charge is -2.37. The lowest BCUT2D eigenvalue weighted by atomic mass is 9.64. The first-order chi connectivity index (χ1) is 19.9. The van der Waals surface area contributed by atoms with Gasteiger partial charge >= 0.3 is 5.97 Å². The molecule has 2 heterocycles. The molecule has 41 heavy (non-hydrogen) atoms. The fourth-order valence-corrected chi connectivity index (χ4v) is 6.97. The number of hydrogen-bond acceptors (Lipinski definition) is 6. The molecule has 4 aromatic rings. The second kappa shape index (κ2) is 9.24. The second-order valence-electron chi connectivity index (χ2n) is 10.7. The molecule has 3 unspecified atom stereocenters. The van der Waals surface area contributed by atoms with E-state index in [4.69, 9.17) is 4.74 Å². The van der Waals surface area contributed by atoms with Crippen molar-refractivity contribution >= 4 is 35.1 Å². The summed E-state index contributed by atoms with van der Waals surface area (Å²) in [6, 6.07) is 29.0. The van der Waals surface area contributed by atoms with Crippen LogP contribution >= 0.6 is 0 Å². The number of ketones is 3. The summed E-state index contributed by atoms with van der Waals surface area (Å²) in [6.07, 6.45) is 3.86. The van der Waals surface area contributed by atoms with Gasteiger partial charge in [0.15, 0.2) is 17.3 Å². The zero-order valence-electron chi connectivity index (χ0n) is 22.2. The number of anilines is 1. The topological polar surface area (TPSA) is 80.8 Å². The molecule has 0 N–H and O–H groups in total. The van der Waals surface area contributed by atoms with Gasteiger partial charge in [-0.15, -0.1) is 0 Å². The maximum absolute atomic E-state index is 14.7. The Morgan fingerprint density at radius 2 is 1.37 bits per heavy atom. The number of nitrogens with zero attached hydrogens (tertiary/aromatic N) is 1. The molecule has 1 saturated heterocycles. The van der Waals surface area contributed by atoms with Gasteiger partial charge in [-0.2, -0.15) is 0 Å². The number of fused-ring (bicyclic) bond motifs is 5. The van der Waals surface area contributed by atoms with Crippen LogP contribution < -0.4 is 9.64 Å². The van der Waals surface area contributed by atoms with E-state index in [1.807, 2.05) is 71.6 Å². The number of hydrogen-bond donors (Lipinski definition) is 0. The molecular formula is C35H25NO5. The van der Waals surface area contributed by atoms with Gasteiger partial charge < -0.3 is 9.64 Å². The smallest absolute Gasteiger partial charge is 0.308 e. The number of esters is 1. The van der Waals surface area contributed by atoms with Crippen molar-refractivity contribution in [3.63, 3.8) is 0 Å². The van der Waals surface area contributed by atoms with E-state index >= 15 is 0 Å². The van der Waals surface area contributed by atoms with Crippen LogP contribution in [0.3, 0.4) is 0 Å². The van der Waals surface area contributed by atoms with Crippen molar-refractivity contribution < 1.29 is 23.9 Å². The fraction of sp³-hybridized carbons (Fsp3) is 0.143. The van der Waals surface area contributed by atoms with Crippen molar-refractivity contribution in [1.82, 2.24) is 0 Å². The molecule has 0 radical (unpaired) electrons. The van der Waals surface area contributed by atoms with Crippen LogP contribution in [-0.4, -0.2) is 35.4 Å². The van der Waals surface area contributed by atoms with Crippen molar-refractivity contribution in [3.05, 3.63) is 137 Å². The number of para-hydroxylation sites is 1. The summed E-state index contributed by atoms with van der Waals surface area (Å²) in [7, 11) is 0. The molecule has 6 heteroatoms. The highest BCUT2D eigenvalue weighted by Crippen LogP contribution is 2.60. The maximum atomic E-state index is 14.7. The van der Waals surface area contributed by atoms with E-state index in [2.05, 4.69) is 0 Å². The Morgan fingerprint density at radius 1 is 0.756 bits per heavy atom. The van der Waals surface area contributed by atoms with Crippen LogP contribution in [0.1, 0.15) is 55.0 Å². The molecule has 200 valence electrons. The van der Waals surface area contributed by atoms with E-state index in [0.29, 0.717) is 22.4 Å². The van der Waals surface area contributed by atoms with Crippen molar-refractivity contribution in [2.45, 2.75) is 24.9 Å². The number of carbonyl (C=O) groups is 4. The summed E-state index contributed by atoms with van der Waals surface area (Å²) >= 11 is 0. The van der Waals surface area contributed by atoms with Crippen LogP contribution in [0, 0.1) is 5.41 Å². The third kappa shape index (κ3) is 3.50. The first-order valence-corrected chi connectivity index (χ1v) is 13.5. The van der Waals surface area contributed by atoms with Gasteiger partial charge in [0, 0.05) is 35.2 Å². The molecule has 0 amide bonds. The van der Waals surface area contributed by atoms with Crippen LogP contribution in [0.2, 0.25) is 0 Å². The van der Waals surface area contributed by atoms with E-state index in [9.17, 15) is 19.2 Å². The highest BCUT2D eigenvalue weighted by molar-refractivity contribution is 6.32. The van der Waals surface area contributed by atoms with Gasteiger partial charge in [0.2, 0.25) is 0 Å². The molecule has 3 atom stereocenters. The van der Waals surface area contributed by atoms with Crippen LogP contribution in [0.5, 0.6) is 5.75 Å². The number of Topliss-reactive ketones (excluding diaryl/α,β-unsaturated/α-hetero) is 3. The molecule has 7 rings (SSSR count). The predicted molar refractivity (Wildman–Crippen MR) is 154 cm³/mol. The summed E-state index contributed by atoms with van der Waals surface area (Å²) in [4.78, 5) is 57.3. The largest absolute Gasteiger partial charge is 0.427 e. The Labute approximate surface area is 236 Å². The Bertz CT molecular complexity index is 1740. The van der Waals surface area contributed by atoms with Gasteiger partial charge in [-0.05, 0) is 41.5 Å². The lowest BCUT2D eigenvalue weighted by Crippen LogP contribution is -2.48. The van der Waals surface area contributed by atoms with Crippen LogP contribution in [-0.2, 0) is 4.79 Å². The normalized spacial score (nSPS) is 21.4. The molecule has 4 aromatic carbocycles. The number of carbonyl (C=O) groups excluding carboxylic acids is 4. The van der Waals surface area contributed by atoms with Gasteiger partial charge in [-0.1, -0.05) is 84.9 Å². The Kier molecular flexibility index (Phi) is 5.61. The Morgan fingerprint density at radius 3 is 2.02 bits per heavy atom. The highest BCUT2D eigenvalue weighted by atomic mass is 16.5. The number of ether oxygens (including phenoxy) is 1. The average Bonchev–Trinajstić information content (AvgIpc) is 3.43. The van der Waals surface area contributed by atoms with E-state index in [1.165, 1.54) is 6.92 Å². The van der Waals surface area contributed by atoms with Crippen LogP contribution in [0.15, 0.2) is 109 Å². The molecular weight excluding hydrogens is 514 g/mol. The average molecular weight is 540 g/mol. The predicted octanol–water partition coefficient (Wildman–Crippen LogP) is 5.93. The second-order valence-corrected chi connectivity index (χ2v) is 10.7. The van der Waals surface area contributed by atoms with Gasteiger partial charge in [0.1, 0.15) is 17.2 Å². The summed E-state index contributed by atoms with van der Waals surface area (Å²) in [6.45, 7) is 1.32. The zero-order chi connectivity index (χ0) is 28.3. The van der Waals surface area contributed by atoms with Gasteiger partial charge in [0.25, 0.3) is 0 Å². The summed E-state index contributed by atoms with van der Waals surface area (Å²) in [5.41, 5.74) is 2.10. The van der Waals surface area contributed by atoms with Crippen molar-refractivity contribution in [1.29, 1.82) is 0 Å². The number of rotatable bonds is 4. The van der Waals surface area contributed by atoms with E-state index in [0.717, 1.165) is 16.8 Å². The van der Waals surface area contributed by atoms with Crippen molar-refractivity contribution in [2.75, 3.05) is 4.90 Å². The quantitative estimate of drug-likeness (QED) is 0.138. The molecule has 0 saturated carbocycles. The molecule has 1 spiro atoms. The molecule has 1 fully saturated rings. The van der Waals surface area contributed by atoms with Gasteiger partial charge in [-0.3, -0.25) is 19.2 Å². The summed E-state index contributed by atoms with van der Waals surface area (Å²) in [5.74, 6) is -1.63. The van der Waals surface area contributed by atoms with Crippen molar-refractivity contribution in [3.8, 4) is 5.75 Å². The molecule has 0 bridgehead atoms. The summed E-state index contributed by atoms with van der Waals surface area (Å²) < 4.78 is 5.18. The fourth-order valence-electron chi connectivity index (χ4n) is 6.97. The minimum Gasteiger partial charge on any atom is -0.427 e. The molecule has 3 aliphatic rings. The number of benzene rings is 4. The molecule has 1 aliphatic carbocycles. The molecule has 2 aliphatic heterocycles. The van der Waals surface area contributed by atoms with E-state index in [-0.39, 0.29) is 17.3 Å². The third-order valence-electron chi connectivity index (χ3n) is 8.54. The Hall–Kier alpha value is -5.10. The molecule has 0 aromatic heterocycles. The molecule has 6 nitrogen and oxygen atoms in total. The van der Waals surface area contributed by atoms with Crippen LogP contribution in [0.4, 0.5) is 5.69 Å². The monoisotopic (exact) mass is 539 g/mol.